The lowest BCUT2D eigenvalue weighted by molar-refractivity contribution is 0.163. The Morgan fingerprint density at radius 3 is 2.57 bits per heavy atom. The first-order valence-corrected chi connectivity index (χ1v) is 11.5. The SMILES string of the molecule is CCn1nc(C)c(CN2CCC([C@H]3Nc4ccccc4S(=O)(=O)N3)CC2)c1C. The van der Waals surface area contributed by atoms with E-state index < -0.39 is 10.0 Å². The van der Waals surface area contributed by atoms with Gasteiger partial charge in [0.2, 0.25) is 10.0 Å². The number of hydrogen-bond acceptors (Lipinski definition) is 5. The minimum atomic E-state index is -3.45. The van der Waals surface area contributed by atoms with E-state index in [2.05, 4.69) is 45.5 Å². The van der Waals surface area contributed by atoms with Gasteiger partial charge in [-0.3, -0.25) is 9.58 Å². The van der Waals surface area contributed by atoms with Crippen molar-refractivity contribution in [2.45, 2.75) is 57.8 Å². The standard InChI is InChI=1S/C20H29N5O2S/c1-4-25-15(3)17(14(2)22-25)13-24-11-9-16(10-12-24)20-21-18-7-5-6-8-19(18)28(26,27)23-20/h5-8,16,20-21,23H,4,9-13H2,1-3H3/t20-/m0/s1. The second-order valence-corrected chi connectivity index (χ2v) is 9.50. The minimum Gasteiger partial charge on any atom is -0.368 e. The molecule has 1 aromatic carbocycles. The number of anilines is 1. The van der Waals surface area contributed by atoms with Gasteiger partial charge < -0.3 is 5.32 Å². The van der Waals surface area contributed by atoms with Gasteiger partial charge in [0, 0.05) is 24.3 Å². The highest BCUT2D eigenvalue weighted by molar-refractivity contribution is 7.89. The number of aryl methyl sites for hydroxylation is 2. The summed E-state index contributed by atoms with van der Waals surface area (Å²) < 4.78 is 30.0. The van der Waals surface area contributed by atoms with Gasteiger partial charge in [-0.25, -0.2) is 8.42 Å². The molecule has 1 atom stereocenters. The summed E-state index contributed by atoms with van der Waals surface area (Å²) in [7, 11) is -3.45. The van der Waals surface area contributed by atoms with Gasteiger partial charge in [-0.1, -0.05) is 12.1 Å². The third-order valence-electron chi connectivity index (χ3n) is 6.09. The van der Waals surface area contributed by atoms with Gasteiger partial charge in [0.25, 0.3) is 0 Å². The number of para-hydroxylation sites is 1. The predicted octanol–water partition coefficient (Wildman–Crippen LogP) is 2.46. The molecule has 1 fully saturated rings. The van der Waals surface area contributed by atoms with Crippen LogP contribution in [0.25, 0.3) is 0 Å². The lowest BCUT2D eigenvalue weighted by atomic mass is 9.93. The van der Waals surface area contributed by atoms with Gasteiger partial charge in [0.15, 0.2) is 0 Å². The molecule has 7 nitrogen and oxygen atoms in total. The number of hydrogen-bond donors (Lipinski definition) is 2. The molecule has 0 unspecified atom stereocenters. The summed E-state index contributed by atoms with van der Waals surface area (Å²) in [6.45, 7) is 10.1. The van der Waals surface area contributed by atoms with Crippen molar-refractivity contribution in [1.29, 1.82) is 0 Å². The van der Waals surface area contributed by atoms with Crippen molar-refractivity contribution in [3.8, 4) is 0 Å². The predicted molar refractivity (Wildman–Crippen MR) is 110 cm³/mol. The van der Waals surface area contributed by atoms with Crippen LogP contribution >= 0.6 is 0 Å². The van der Waals surface area contributed by atoms with Crippen LogP contribution < -0.4 is 10.0 Å². The van der Waals surface area contributed by atoms with Crippen LogP contribution in [0.1, 0.15) is 36.7 Å². The molecule has 1 saturated heterocycles. The van der Waals surface area contributed by atoms with Gasteiger partial charge in [-0.2, -0.15) is 9.82 Å². The van der Waals surface area contributed by atoms with Crippen molar-refractivity contribution in [2.75, 3.05) is 18.4 Å². The number of piperidine rings is 1. The monoisotopic (exact) mass is 403 g/mol. The van der Waals surface area contributed by atoms with Gasteiger partial charge in [0.05, 0.1) is 17.5 Å². The fourth-order valence-electron chi connectivity index (χ4n) is 4.40. The van der Waals surface area contributed by atoms with Crippen molar-refractivity contribution in [3.05, 3.63) is 41.2 Å². The minimum absolute atomic E-state index is 0.242. The molecule has 0 bridgehead atoms. The van der Waals surface area contributed by atoms with Gasteiger partial charge >= 0.3 is 0 Å². The molecule has 3 heterocycles. The van der Waals surface area contributed by atoms with Crippen molar-refractivity contribution in [1.82, 2.24) is 19.4 Å². The lowest BCUT2D eigenvalue weighted by Crippen LogP contribution is -2.51. The maximum Gasteiger partial charge on any atom is 0.244 e. The van der Waals surface area contributed by atoms with Crippen LogP contribution in [0.3, 0.4) is 0 Å². The number of nitrogens with one attached hydrogen (secondary N) is 2. The normalized spacial score (nSPS) is 22.6. The van der Waals surface area contributed by atoms with Crippen molar-refractivity contribution < 1.29 is 8.42 Å². The maximum absolute atomic E-state index is 12.6. The van der Waals surface area contributed by atoms with E-state index in [1.807, 2.05) is 12.1 Å². The Bertz CT molecular complexity index is 961. The van der Waals surface area contributed by atoms with Crippen LogP contribution in [-0.2, 0) is 23.1 Å². The highest BCUT2D eigenvalue weighted by Gasteiger charge is 2.35. The molecule has 0 aliphatic carbocycles. The first kappa shape index (κ1) is 19.4. The lowest BCUT2D eigenvalue weighted by Gasteiger charge is -2.39. The third-order valence-corrected chi connectivity index (χ3v) is 7.59. The van der Waals surface area contributed by atoms with Crippen molar-refractivity contribution in [2.24, 2.45) is 5.92 Å². The molecule has 2 aromatic rings. The smallest absolute Gasteiger partial charge is 0.244 e. The summed E-state index contributed by atoms with van der Waals surface area (Å²) in [5.41, 5.74) is 4.39. The first-order chi connectivity index (χ1) is 13.4. The largest absolute Gasteiger partial charge is 0.368 e. The molecule has 0 spiro atoms. The Morgan fingerprint density at radius 2 is 1.89 bits per heavy atom. The molecular weight excluding hydrogens is 374 g/mol. The number of sulfonamides is 1. The number of nitrogens with zero attached hydrogens (tertiary/aromatic N) is 3. The van der Waals surface area contributed by atoms with Crippen LogP contribution in [0.15, 0.2) is 29.2 Å². The molecule has 28 heavy (non-hydrogen) atoms. The molecule has 2 aliphatic rings. The highest BCUT2D eigenvalue weighted by Crippen LogP contribution is 2.31. The maximum atomic E-state index is 12.6. The molecule has 1 aromatic heterocycles. The third kappa shape index (κ3) is 3.56. The van der Waals surface area contributed by atoms with E-state index in [0.717, 1.165) is 44.7 Å². The molecule has 2 aliphatic heterocycles. The van der Waals surface area contributed by atoms with E-state index in [-0.39, 0.29) is 12.1 Å². The molecule has 152 valence electrons. The van der Waals surface area contributed by atoms with Crippen LogP contribution in [-0.4, -0.2) is 42.4 Å². The van der Waals surface area contributed by atoms with E-state index in [1.54, 1.807) is 12.1 Å². The summed E-state index contributed by atoms with van der Waals surface area (Å²) in [6, 6.07) is 7.11. The molecule has 0 radical (unpaired) electrons. The van der Waals surface area contributed by atoms with Crippen LogP contribution in [0.4, 0.5) is 5.69 Å². The summed E-state index contributed by atoms with van der Waals surface area (Å²) in [4.78, 5) is 2.79. The Labute approximate surface area is 167 Å². The van der Waals surface area contributed by atoms with Crippen LogP contribution in [0.5, 0.6) is 0 Å². The van der Waals surface area contributed by atoms with E-state index in [4.69, 9.17) is 0 Å². The van der Waals surface area contributed by atoms with Gasteiger partial charge in [-0.05, 0) is 64.8 Å². The van der Waals surface area contributed by atoms with Gasteiger partial charge in [-0.15, -0.1) is 0 Å². The highest BCUT2D eigenvalue weighted by atomic mass is 32.2. The first-order valence-electron chi connectivity index (χ1n) is 10.0. The van der Waals surface area contributed by atoms with Gasteiger partial charge in [0.1, 0.15) is 4.90 Å². The zero-order valence-electron chi connectivity index (χ0n) is 16.8. The summed E-state index contributed by atoms with van der Waals surface area (Å²) in [6.07, 6.45) is 1.68. The van der Waals surface area contributed by atoms with E-state index >= 15 is 0 Å². The topological polar surface area (TPSA) is 79.3 Å². The zero-order valence-corrected chi connectivity index (χ0v) is 17.6. The number of likely N-dealkylation sites (tertiary alicyclic amines) is 1. The van der Waals surface area contributed by atoms with E-state index in [0.29, 0.717) is 10.6 Å². The van der Waals surface area contributed by atoms with Crippen LogP contribution in [0.2, 0.25) is 0 Å². The Kier molecular flexibility index (Phi) is 5.20. The Balaban J connectivity index is 1.41. The van der Waals surface area contributed by atoms with Crippen molar-refractivity contribution >= 4 is 15.7 Å². The summed E-state index contributed by atoms with van der Waals surface area (Å²) in [5.74, 6) is 0.278. The molecule has 0 saturated carbocycles. The zero-order chi connectivity index (χ0) is 19.9. The molecule has 0 amide bonds. The van der Waals surface area contributed by atoms with E-state index in [9.17, 15) is 8.42 Å². The van der Waals surface area contributed by atoms with Crippen molar-refractivity contribution in [3.63, 3.8) is 0 Å². The number of benzene rings is 1. The molecular formula is C20H29N5O2S. The molecule has 2 N–H and O–H groups in total. The second kappa shape index (κ2) is 7.50. The van der Waals surface area contributed by atoms with Crippen LogP contribution in [0, 0.1) is 19.8 Å². The Morgan fingerprint density at radius 1 is 1.18 bits per heavy atom. The number of fused-ring (bicyclic) bond motifs is 1. The Hall–Kier alpha value is -1.90. The second-order valence-electron chi connectivity index (χ2n) is 7.82. The fraction of sp³-hybridized carbons (Fsp3) is 0.550. The summed E-state index contributed by atoms with van der Waals surface area (Å²) >= 11 is 0. The number of aromatic nitrogens is 2. The molecule has 4 rings (SSSR count). The average Bonchev–Trinajstić information content (AvgIpc) is 2.95. The van der Waals surface area contributed by atoms with E-state index in [1.165, 1.54) is 11.3 Å². The molecule has 8 heteroatoms. The quantitative estimate of drug-likeness (QED) is 0.820. The number of rotatable bonds is 4. The average molecular weight is 404 g/mol. The fourth-order valence-corrected chi connectivity index (χ4v) is 5.79. The summed E-state index contributed by atoms with van der Waals surface area (Å²) in [5, 5.41) is 8.02.